The molecule has 148 valence electrons. The van der Waals surface area contributed by atoms with Crippen molar-refractivity contribution in [1.29, 1.82) is 0 Å². The molecule has 4 nitrogen and oxygen atoms in total. The lowest BCUT2D eigenvalue weighted by Gasteiger charge is -2.29. The number of hydrogen-bond acceptors (Lipinski definition) is 5. The number of benzene rings is 1. The summed E-state index contributed by atoms with van der Waals surface area (Å²) in [5.74, 6) is 1.27. The number of carbonyl (C=O) groups is 1. The van der Waals surface area contributed by atoms with Crippen molar-refractivity contribution in [2.24, 2.45) is 5.92 Å². The predicted octanol–water partition coefficient (Wildman–Crippen LogP) is 5.09. The van der Waals surface area contributed by atoms with Crippen LogP contribution in [0.3, 0.4) is 0 Å². The Bertz CT molecular complexity index is 954. The molecule has 2 N–H and O–H groups in total. The van der Waals surface area contributed by atoms with E-state index in [-0.39, 0.29) is 5.91 Å². The van der Waals surface area contributed by atoms with Gasteiger partial charge in [-0.2, -0.15) is 0 Å². The molecule has 1 aliphatic carbocycles. The number of nitrogens with zero attached hydrogens (tertiary/aromatic N) is 1. The van der Waals surface area contributed by atoms with E-state index >= 15 is 0 Å². The van der Waals surface area contributed by atoms with Crippen LogP contribution in [0.2, 0.25) is 0 Å². The molecule has 2 heterocycles. The first-order valence-corrected chi connectivity index (χ1v) is 11.6. The molecule has 6 heteroatoms. The summed E-state index contributed by atoms with van der Waals surface area (Å²) in [7, 11) is 1.73. The van der Waals surface area contributed by atoms with Gasteiger partial charge in [-0.3, -0.25) is 4.79 Å². The number of thiazole rings is 1. The van der Waals surface area contributed by atoms with Crippen molar-refractivity contribution in [1.82, 2.24) is 15.6 Å². The second-order valence-electron chi connectivity index (χ2n) is 7.61. The second-order valence-corrected chi connectivity index (χ2v) is 9.99. The number of aryl methyl sites for hydroxylation is 1. The van der Waals surface area contributed by atoms with Crippen molar-refractivity contribution in [3.05, 3.63) is 50.8 Å². The van der Waals surface area contributed by atoms with Gasteiger partial charge in [0.05, 0.1) is 9.88 Å². The molecule has 0 aliphatic heterocycles. The monoisotopic (exact) mass is 413 g/mol. The van der Waals surface area contributed by atoms with E-state index in [9.17, 15) is 4.79 Å². The zero-order chi connectivity index (χ0) is 19.5. The highest BCUT2D eigenvalue weighted by Crippen LogP contribution is 2.43. The highest BCUT2D eigenvalue weighted by atomic mass is 32.1. The highest BCUT2D eigenvalue weighted by molar-refractivity contribution is 7.21. The van der Waals surface area contributed by atoms with Gasteiger partial charge in [0.15, 0.2) is 0 Å². The molecule has 0 spiro atoms. The maximum atomic E-state index is 12.5. The van der Waals surface area contributed by atoms with Crippen molar-refractivity contribution < 1.29 is 4.79 Å². The molecule has 2 aromatic heterocycles. The molecule has 1 fully saturated rings. The normalized spacial score (nSPS) is 19.8. The zero-order valence-electron chi connectivity index (χ0n) is 16.5. The Morgan fingerprint density at radius 1 is 1.18 bits per heavy atom. The van der Waals surface area contributed by atoms with E-state index in [1.54, 1.807) is 29.7 Å². The molecule has 1 aliphatic rings. The van der Waals surface area contributed by atoms with Crippen LogP contribution in [0.25, 0.3) is 10.1 Å². The number of carbonyl (C=O) groups excluding carboxylic acids is 1. The summed E-state index contributed by atoms with van der Waals surface area (Å²) < 4.78 is 1.22. The molecule has 1 saturated carbocycles. The number of thiophene rings is 1. The summed E-state index contributed by atoms with van der Waals surface area (Å²) in [5, 5.41) is 8.85. The molecule has 0 unspecified atom stereocenters. The first kappa shape index (κ1) is 19.6. The van der Waals surface area contributed by atoms with Gasteiger partial charge in [0.25, 0.3) is 5.91 Å². The van der Waals surface area contributed by atoms with Crippen LogP contribution in [0.15, 0.2) is 30.5 Å². The first-order chi connectivity index (χ1) is 13.7. The van der Waals surface area contributed by atoms with E-state index in [1.807, 2.05) is 6.20 Å². The Hall–Kier alpha value is -1.76. The molecular formula is C22H27N3OS2. The topological polar surface area (TPSA) is 54.0 Å². The van der Waals surface area contributed by atoms with E-state index in [0.29, 0.717) is 5.92 Å². The van der Waals surface area contributed by atoms with Crippen LogP contribution in [-0.4, -0.2) is 24.5 Å². The predicted molar refractivity (Wildman–Crippen MR) is 118 cm³/mol. The number of fused-ring (bicyclic) bond motifs is 1. The minimum absolute atomic E-state index is 0.0554. The third kappa shape index (κ3) is 4.14. The maximum absolute atomic E-state index is 12.5. The lowest BCUT2D eigenvalue weighted by atomic mass is 9.77. The largest absolute Gasteiger partial charge is 0.354 e. The maximum Gasteiger partial charge on any atom is 0.261 e. The smallest absolute Gasteiger partial charge is 0.261 e. The zero-order valence-corrected chi connectivity index (χ0v) is 18.1. The number of rotatable bonds is 6. The molecule has 3 aromatic rings. The molecule has 28 heavy (non-hydrogen) atoms. The van der Waals surface area contributed by atoms with Crippen LogP contribution in [0.4, 0.5) is 0 Å². The van der Waals surface area contributed by atoms with Crippen molar-refractivity contribution >= 4 is 38.7 Å². The van der Waals surface area contributed by atoms with Gasteiger partial charge >= 0.3 is 0 Å². The quantitative estimate of drug-likeness (QED) is 0.592. The van der Waals surface area contributed by atoms with E-state index in [4.69, 9.17) is 0 Å². The van der Waals surface area contributed by atoms with E-state index in [1.165, 1.54) is 33.4 Å². The SMILES string of the molecule is CNC(=O)c1sc2ccccc2c1C1CCC(CNCc2cnc(C)s2)CC1. The van der Waals surface area contributed by atoms with Gasteiger partial charge in [0.2, 0.25) is 0 Å². The summed E-state index contributed by atoms with van der Waals surface area (Å²) >= 11 is 3.41. The second kappa shape index (κ2) is 8.72. The average Bonchev–Trinajstić information content (AvgIpc) is 3.31. The van der Waals surface area contributed by atoms with Crippen LogP contribution >= 0.6 is 22.7 Å². The molecule has 4 rings (SSSR count). The summed E-state index contributed by atoms with van der Waals surface area (Å²) in [6, 6.07) is 8.46. The fourth-order valence-corrected chi connectivity index (χ4v) is 6.30. The standard InChI is InChI=1S/C22H27N3OS2/c1-14-25-13-17(27-14)12-24-11-15-7-9-16(10-8-15)20-18-5-3-4-6-19(18)28-21(20)22(26)23-2/h3-6,13,15-16,24H,7-12H2,1-2H3,(H,23,26). The van der Waals surface area contributed by atoms with Crippen molar-refractivity contribution in [2.75, 3.05) is 13.6 Å². The molecule has 0 saturated heterocycles. The van der Waals surface area contributed by atoms with E-state index in [2.05, 4.69) is 46.8 Å². The fourth-order valence-electron chi connectivity index (χ4n) is 4.29. The van der Waals surface area contributed by atoms with Gasteiger partial charge < -0.3 is 10.6 Å². The Morgan fingerprint density at radius 3 is 2.68 bits per heavy atom. The van der Waals surface area contributed by atoms with E-state index in [0.717, 1.165) is 41.7 Å². The number of amides is 1. The van der Waals surface area contributed by atoms with Crippen molar-refractivity contribution in [3.8, 4) is 0 Å². The molecule has 1 amide bonds. The van der Waals surface area contributed by atoms with Gasteiger partial charge in [-0.25, -0.2) is 4.98 Å². The van der Waals surface area contributed by atoms with Gasteiger partial charge in [-0.05, 0) is 68.0 Å². The molecule has 0 atom stereocenters. The van der Waals surface area contributed by atoms with Crippen LogP contribution < -0.4 is 10.6 Å². The Morgan fingerprint density at radius 2 is 1.96 bits per heavy atom. The third-order valence-electron chi connectivity index (χ3n) is 5.72. The third-order valence-corrected chi connectivity index (χ3v) is 7.82. The lowest BCUT2D eigenvalue weighted by molar-refractivity contribution is 0.0965. The van der Waals surface area contributed by atoms with Crippen LogP contribution in [0.1, 0.15) is 56.7 Å². The van der Waals surface area contributed by atoms with Gasteiger partial charge in [-0.1, -0.05) is 18.2 Å². The molecule has 1 aromatic carbocycles. The summed E-state index contributed by atoms with van der Waals surface area (Å²) in [5.41, 5.74) is 1.28. The van der Waals surface area contributed by atoms with Crippen molar-refractivity contribution in [3.63, 3.8) is 0 Å². The minimum atomic E-state index is 0.0554. The summed E-state index contributed by atoms with van der Waals surface area (Å²) in [4.78, 5) is 19.0. The Kier molecular flexibility index (Phi) is 6.09. The van der Waals surface area contributed by atoms with Gasteiger partial charge in [0, 0.05) is 29.4 Å². The van der Waals surface area contributed by atoms with Crippen molar-refractivity contribution in [2.45, 2.75) is 45.1 Å². The number of aromatic nitrogens is 1. The minimum Gasteiger partial charge on any atom is -0.354 e. The molecule has 0 radical (unpaired) electrons. The van der Waals surface area contributed by atoms with Gasteiger partial charge in [-0.15, -0.1) is 22.7 Å². The first-order valence-electron chi connectivity index (χ1n) is 10.0. The number of nitrogens with one attached hydrogen (secondary N) is 2. The van der Waals surface area contributed by atoms with E-state index < -0.39 is 0 Å². The summed E-state index contributed by atoms with van der Waals surface area (Å²) in [6.45, 7) is 4.04. The lowest BCUT2D eigenvalue weighted by Crippen LogP contribution is -2.26. The van der Waals surface area contributed by atoms with Crippen LogP contribution in [-0.2, 0) is 6.54 Å². The van der Waals surface area contributed by atoms with Gasteiger partial charge in [0.1, 0.15) is 0 Å². The fraction of sp³-hybridized carbons (Fsp3) is 0.455. The average molecular weight is 414 g/mol. The van der Waals surface area contributed by atoms with Crippen LogP contribution in [0, 0.1) is 12.8 Å². The highest BCUT2D eigenvalue weighted by Gasteiger charge is 2.28. The Labute approximate surface area is 174 Å². The molecular weight excluding hydrogens is 386 g/mol. The summed E-state index contributed by atoms with van der Waals surface area (Å²) in [6.07, 6.45) is 6.74. The number of hydrogen-bond donors (Lipinski definition) is 2. The molecule has 0 bridgehead atoms. The Balaban J connectivity index is 1.40. The van der Waals surface area contributed by atoms with Crippen LogP contribution in [0.5, 0.6) is 0 Å².